The lowest BCUT2D eigenvalue weighted by molar-refractivity contribution is -0.119. The van der Waals surface area contributed by atoms with Gasteiger partial charge in [-0.05, 0) is 25.9 Å². The number of aryl methyl sites for hydroxylation is 1. The van der Waals surface area contributed by atoms with Gasteiger partial charge in [0.15, 0.2) is 0 Å². The van der Waals surface area contributed by atoms with Crippen molar-refractivity contribution in [1.82, 2.24) is 20.4 Å². The molecule has 8 heteroatoms. The molecule has 8 nitrogen and oxygen atoms in total. The van der Waals surface area contributed by atoms with E-state index in [9.17, 15) is 9.59 Å². The van der Waals surface area contributed by atoms with Crippen LogP contribution in [0.1, 0.15) is 29.4 Å². The Bertz CT molecular complexity index is 467. The third kappa shape index (κ3) is 3.28. The van der Waals surface area contributed by atoms with E-state index in [1.54, 1.807) is 6.92 Å². The molecule has 0 radical (unpaired) electrons. The molecule has 104 valence electrons. The van der Waals surface area contributed by atoms with Crippen LogP contribution in [0.15, 0.2) is 4.52 Å². The van der Waals surface area contributed by atoms with Gasteiger partial charge in [-0.25, -0.2) is 0 Å². The lowest BCUT2D eigenvalue weighted by Gasteiger charge is -2.33. The van der Waals surface area contributed by atoms with Gasteiger partial charge in [0.05, 0.1) is 0 Å². The fourth-order valence-electron chi connectivity index (χ4n) is 2.17. The molecule has 0 spiro atoms. The molecule has 0 bridgehead atoms. The van der Waals surface area contributed by atoms with Crippen LogP contribution < -0.4 is 11.1 Å². The van der Waals surface area contributed by atoms with Crippen molar-refractivity contribution in [3.05, 3.63) is 11.7 Å². The minimum Gasteiger partial charge on any atom is -0.368 e. The molecule has 19 heavy (non-hydrogen) atoms. The standard InChI is InChI=1S/C11H17N5O3/c1-7-14-10(15-19-7)11(18)16(6-9(12)17)8-2-4-13-5-3-8/h8,13H,2-6H2,1H3,(H2,12,17). The number of piperidine rings is 1. The Labute approximate surface area is 110 Å². The van der Waals surface area contributed by atoms with Crippen LogP contribution in [0.25, 0.3) is 0 Å². The number of nitrogens with zero attached hydrogens (tertiary/aromatic N) is 3. The monoisotopic (exact) mass is 267 g/mol. The van der Waals surface area contributed by atoms with Crippen LogP contribution in [0, 0.1) is 6.92 Å². The molecule has 0 unspecified atom stereocenters. The van der Waals surface area contributed by atoms with Crippen molar-refractivity contribution in [3.8, 4) is 0 Å². The second-order valence-corrected chi connectivity index (χ2v) is 4.52. The van der Waals surface area contributed by atoms with Gasteiger partial charge in [-0.1, -0.05) is 5.16 Å². The van der Waals surface area contributed by atoms with Gasteiger partial charge in [0.25, 0.3) is 11.7 Å². The van der Waals surface area contributed by atoms with E-state index in [1.807, 2.05) is 0 Å². The summed E-state index contributed by atoms with van der Waals surface area (Å²) < 4.78 is 4.79. The Morgan fingerprint density at radius 1 is 1.47 bits per heavy atom. The predicted molar refractivity (Wildman–Crippen MR) is 65.2 cm³/mol. The van der Waals surface area contributed by atoms with E-state index in [2.05, 4.69) is 15.5 Å². The Balaban J connectivity index is 2.16. The lowest BCUT2D eigenvalue weighted by atomic mass is 10.0. The smallest absolute Gasteiger partial charge is 0.295 e. The second-order valence-electron chi connectivity index (χ2n) is 4.52. The SMILES string of the molecule is Cc1nc(C(=O)N(CC(N)=O)C2CCNCC2)no1. The van der Waals surface area contributed by atoms with Gasteiger partial charge in [-0.3, -0.25) is 9.59 Å². The second kappa shape index (κ2) is 5.79. The summed E-state index contributed by atoms with van der Waals surface area (Å²) in [4.78, 5) is 28.8. The summed E-state index contributed by atoms with van der Waals surface area (Å²) in [6, 6.07) is -0.0277. The number of amides is 2. The average molecular weight is 267 g/mol. The zero-order valence-electron chi connectivity index (χ0n) is 10.8. The normalized spacial score (nSPS) is 16.3. The Kier molecular flexibility index (Phi) is 4.10. The van der Waals surface area contributed by atoms with Gasteiger partial charge in [0.1, 0.15) is 6.54 Å². The Morgan fingerprint density at radius 3 is 2.68 bits per heavy atom. The molecule has 1 aromatic heterocycles. The van der Waals surface area contributed by atoms with Crippen molar-refractivity contribution in [2.45, 2.75) is 25.8 Å². The number of nitrogens with two attached hydrogens (primary N) is 1. The number of hydrogen-bond acceptors (Lipinski definition) is 6. The maximum absolute atomic E-state index is 12.3. The number of nitrogens with one attached hydrogen (secondary N) is 1. The van der Waals surface area contributed by atoms with E-state index in [1.165, 1.54) is 4.90 Å². The molecule has 2 amide bonds. The molecular weight excluding hydrogens is 250 g/mol. The van der Waals surface area contributed by atoms with Crippen LogP contribution in [-0.4, -0.2) is 52.5 Å². The molecule has 1 saturated heterocycles. The lowest BCUT2D eigenvalue weighted by Crippen LogP contribution is -2.49. The van der Waals surface area contributed by atoms with E-state index in [-0.39, 0.29) is 18.4 Å². The zero-order chi connectivity index (χ0) is 13.8. The van der Waals surface area contributed by atoms with Crippen LogP contribution in [0.3, 0.4) is 0 Å². The van der Waals surface area contributed by atoms with Crippen LogP contribution in [-0.2, 0) is 4.79 Å². The van der Waals surface area contributed by atoms with Crippen LogP contribution >= 0.6 is 0 Å². The first kappa shape index (κ1) is 13.5. The highest BCUT2D eigenvalue weighted by Crippen LogP contribution is 2.14. The first-order valence-corrected chi connectivity index (χ1v) is 6.18. The Hall–Kier alpha value is -1.96. The molecule has 1 fully saturated rings. The van der Waals surface area contributed by atoms with E-state index in [0.717, 1.165) is 25.9 Å². The minimum atomic E-state index is -0.549. The average Bonchev–Trinajstić information content (AvgIpc) is 2.83. The van der Waals surface area contributed by atoms with Gasteiger partial charge < -0.3 is 20.5 Å². The molecule has 2 heterocycles. The quantitative estimate of drug-likeness (QED) is 0.727. The largest absolute Gasteiger partial charge is 0.368 e. The molecule has 3 N–H and O–H groups in total. The molecule has 0 saturated carbocycles. The summed E-state index contributed by atoms with van der Waals surface area (Å²) in [6.45, 7) is 3.08. The molecule has 0 atom stereocenters. The molecule has 1 aliphatic rings. The number of rotatable bonds is 4. The van der Waals surface area contributed by atoms with Crippen molar-refractivity contribution in [2.75, 3.05) is 19.6 Å². The van der Waals surface area contributed by atoms with Crippen molar-refractivity contribution in [3.63, 3.8) is 0 Å². The third-order valence-corrected chi connectivity index (χ3v) is 3.06. The van der Waals surface area contributed by atoms with Crippen molar-refractivity contribution in [2.24, 2.45) is 5.73 Å². The summed E-state index contributed by atoms with van der Waals surface area (Å²) in [5, 5.41) is 6.80. The minimum absolute atomic E-state index is 0.0277. The van der Waals surface area contributed by atoms with E-state index in [0.29, 0.717) is 5.89 Å². The molecule has 2 rings (SSSR count). The molecule has 0 aliphatic carbocycles. The maximum Gasteiger partial charge on any atom is 0.295 e. The predicted octanol–water partition coefficient (Wildman–Crippen LogP) is -0.942. The number of aromatic nitrogens is 2. The highest BCUT2D eigenvalue weighted by Gasteiger charge is 2.29. The number of hydrogen-bond donors (Lipinski definition) is 2. The first-order chi connectivity index (χ1) is 9.08. The third-order valence-electron chi connectivity index (χ3n) is 3.06. The van der Waals surface area contributed by atoms with E-state index in [4.69, 9.17) is 10.3 Å². The van der Waals surface area contributed by atoms with Crippen molar-refractivity contribution >= 4 is 11.8 Å². The molecule has 1 aliphatic heterocycles. The molecule has 0 aromatic carbocycles. The maximum atomic E-state index is 12.3. The number of carbonyl (C=O) groups is 2. The fourth-order valence-corrected chi connectivity index (χ4v) is 2.17. The van der Waals surface area contributed by atoms with E-state index >= 15 is 0 Å². The zero-order valence-corrected chi connectivity index (χ0v) is 10.8. The van der Waals surface area contributed by atoms with Gasteiger partial charge in [0.2, 0.25) is 11.8 Å². The number of primary amides is 1. The van der Waals surface area contributed by atoms with Gasteiger partial charge >= 0.3 is 0 Å². The van der Waals surface area contributed by atoms with E-state index < -0.39 is 11.8 Å². The highest BCUT2D eigenvalue weighted by molar-refractivity contribution is 5.93. The topological polar surface area (TPSA) is 114 Å². The summed E-state index contributed by atoms with van der Waals surface area (Å²) in [5.74, 6) is -0.681. The first-order valence-electron chi connectivity index (χ1n) is 6.18. The van der Waals surface area contributed by atoms with Gasteiger partial charge in [-0.2, -0.15) is 4.98 Å². The molecular formula is C11H17N5O3. The summed E-state index contributed by atoms with van der Waals surface area (Å²) in [5.41, 5.74) is 5.21. The van der Waals surface area contributed by atoms with Crippen LogP contribution in [0.5, 0.6) is 0 Å². The number of carbonyl (C=O) groups excluding carboxylic acids is 2. The summed E-state index contributed by atoms with van der Waals surface area (Å²) in [7, 11) is 0. The van der Waals surface area contributed by atoms with Crippen molar-refractivity contribution in [1.29, 1.82) is 0 Å². The summed E-state index contributed by atoms with van der Waals surface area (Å²) >= 11 is 0. The van der Waals surface area contributed by atoms with Crippen LogP contribution in [0.4, 0.5) is 0 Å². The molecule has 1 aromatic rings. The Morgan fingerprint density at radius 2 is 2.16 bits per heavy atom. The fraction of sp³-hybridized carbons (Fsp3) is 0.636. The van der Waals surface area contributed by atoms with Gasteiger partial charge in [-0.15, -0.1) is 0 Å². The van der Waals surface area contributed by atoms with Gasteiger partial charge in [0, 0.05) is 13.0 Å². The summed E-state index contributed by atoms with van der Waals surface area (Å²) in [6.07, 6.45) is 1.55. The highest BCUT2D eigenvalue weighted by atomic mass is 16.5. The van der Waals surface area contributed by atoms with Crippen molar-refractivity contribution < 1.29 is 14.1 Å². The van der Waals surface area contributed by atoms with Crippen LogP contribution in [0.2, 0.25) is 0 Å².